The van der Waals surface area contributed by atoms with E-state index in [-0.39, 0.29) is 41.7 Å². The smallest absolute Gasteiger partial charge is 0.191 e. The van der Waals surface area contributed by atoms with Gasteiger partial charge in [-0.15, -0.1) is 24.0 Å². The van der Waals surface area contributed by atoms with Crippen LogP contribution in [-0.4, -0.2) is 54.9 Å². The molecular formula is C14H26IN3O2. The van der Waals surface area contributed by atoms with E-state index in [1.165, 1.54) is 12.8 Å². The molecule has 0 aromatic carbocycles. The maximum atomic E-state index is 6.12. The van der Waals surface area contributed by atoms with E-state index >= 15 is 0 Å². The Morgan fingerprint density at radius 2 is 2.25 bits per heavy atom. The van der Waals surface area contributed by atoms with Gasteiger partial charge in [0.15, 0.2) is 5.96 Å². The average Bonchev–Trinajstić information content (AvgIpc) is 3.11. The summed E-state index contributed by atoms with van der Waals surface area (Å²) in [5.41, 5.74) is 5.93. The fraction of sp³-hybridized carbons (Fsp3) is 0.929. The normalized spacial score (nSPS) is 36.6. The summed E-state index contributed by atoms with van der Waals surface area (Å²) in [6.45, 7) is 3.60. The van der Waals surface area contributed by atoms with E-state index in [2.05, 4.69) is 4.90 Å². The van der Waals surface area contributed by atoms with Crippen LogP contribution in [0.5, 0.6) is 0 Å². The molecule has 0 aromatic rings. The van der Waals surface area contributed by atoms with Gasteiger partial charge >= 0.3 is 0 Å². The molecule has 3 fully saturated rings. The number of rotatable bonds is 4. The molecular weight excluding hydrogens is 369 g/mol. The minimum absolute atomic E-state index is 0. The van der Waals surface area contributed by atoms with Gasteiger partial charge in [-0.2, -0.15) is 0 Å². The molecule has 1 heterocycles. The van der Waals surface area contributed by atoms with Crippen LogP contribution in [0.25, 0.3) is 0 Å². The molecule has 0 radical (unpaired) electrons. The summed E-state index contributed by atoms with van der Waals surface area (Å²) in [6.07, 6.45) is 5.77. The third-order valence-corrected chi connectivity index (χ3v) is 4.74. The summed E-state index contributed by atoms with van der Waals surface area (Å²) >= 11 is 0. The van der Waals surface area contributed by atoms with E-state index in [4.69, 9.17) is 20.2 Å². The van der Waals surface area contributed by atoms with Crippen LogP contribution in [0.1, 0.15) is 39.0 Å². The maximum Gasteiger partial charge on any atom is 0.191 e. The van der Waals surface area contributed by atoms with Crippen molar-refractivity contribution < 1.29 is 9.47 Å². The van der Waals surface area contributed by atoms with Crippen molar-refractivity contribution in [1.82, 2.24) is 4.90 Å². The summed E-state index contributed by atoms with van der Waals surface area (Å²) in [5.74, 6) is 0.664. The Balaban J connectivity index is 0.00000147. The Morgan fingerprint density at radius 3 is 2.80 bits per heavy atom. The van der Waals surface area contributed by atoms with Gasteiger partial charge < -0.3 is 20.1 Å². The standard InChI is InChI=1S/C14H25N3O2.HI/c1-3-18-12-9-11(14(12)7-4-8-19-14)16-13(15)17(2)10-5-6-10;/h10-12H,3-9H2,1-2H3,(H2,15,16);1H. The predicted octanol–water partition coefficient (Wildman–Crippen LogP) is 1.74. The van der Waals surface area contributed by atoms with Crippen LogP contribution in [0.2, 0.25) is 0 Å². The lowest BCUT2D eigenvalue weighted by Gasteiger charge is -2.50. The lowest BCUT2D eigenvalue weighted by molar-refractivity contribution is -0.189. The number of hydrogen-bond acceptors (Lipinski definition) is 3. The molecule has 1 saturated heterocycles. The first-order valence-electron chi connectivity index (χ1n) is 7.49. The van der Waals surface area contributed by atoms with Crippen LogP contribution in [0.4, 0.5) is 0 Å². The molecule has 5 nitrogen and oxygen atoms in total. The minimum atomic E-state index is -0.189. The second-order valence-corrected chi connectivity index (χ2v) is 5.93. The van der Waals surface area contributed by atoms with Crippen molar-refractivity contribution in [2.45, 2.75) is 62.8 Å². The Bertz CT molecular complexity index is 367. The molecule has 1 spiro atoms. The van der Waals surface area contributed by atoms with Crippen molar-refractivity contribution in [2.75, 3.05) is 20.3 Å². The van der Waals surface area contributed by atoms with Crippen molar-refractivity contribution >= 4 is 29.9 Å². The van der Waals surface area contributed by atoms with Crippen LogP contribution in [-0.2, 0) is 9.47 Å². The topological polar surface area (TPSA) is 60.1 Å². The van der Waals surface area contributed by atoms with Crippen LogP contribution in [0.15, 0.2) is 4.99 Å². The molecule has 116 valence electrons. The van der Waals surface area contributed by atoms with Crippen molar-refractivity contribution in [1.29, 1.82) is 0 Å². The molecule has 2 aliphatic carbocycles. The highest BCUT2D eigenvalue weighted by Crippen LogP contribution is 2.47. The second-order valence-electron chi connectivity index (χ2n) is 5.93. The molecule has 2 N–H and O–H groups in total. The zero-order valence-electron chi connectivity index (χ0n) is 12.4. The monoisotopic (exact) mass is 395 g/mol. The lowest BCUT2D eigenvalue weighted by atomic mass is 9.70. The van der Waals surface area contributed by atoms with Gasteiger partial charge in [0.25, 0.3) is 0 Å². The molecule has 1 aliphatic heterocycles. The number of hydrogen-bond donors (Lipinski definition) is 1. The van der Waals surface area contributed by atoms with E-state index in [1.807, 2.05) is 14.0 Å². The van der Waals surface area contributed by atoms with Gasteiger partial charge in [-0.1, -0.05) is 0 Å². The van der Waals surface area contributed by atoms with Gasteiger partial charge in [-0.05, 0) is 32.6 Å². The summed E-state index contributed by atoms with van der Waals surface area (Å²) in [4.78, 5) is 6.83. The molecule has 0 bridgehead atoms. The largest absolute Gasteiger partial charge is 0.375 e. The van der Waals surface area contributed by atoms with Crippen LogP contribution in [0, 0.1) is 0 Å². The highest BCUT2D eigenvalue weighted by molar-refractivity contribution is 14.0. The number of halogens is 1. The minimum Gasteiger partial charge on any atom is -0.375 e. The third-order valence-electron chi connectivity index (χ3n) is 4.74. The zero-order chi connectivity index (χ0) is 13.5. The first-order chi connectivity index (χ1) is 9.17. The van der Waals surface area contributed by atoms with Gasteiger partial charge in [0, 0.05) is 32.7 Å². The average molecular weight is 395 g/mol. The van der Waals surface area contributed by atoms with Crippen molar-refractivity contribution in [3.05, 3.63) is 0 Å². The zero-order valence-corrected chi connectivity index (χ0v) is 14.7. The van der Waals surface area contributed by atoms with Gasteiger partial charge in [0.2, 0.25) is 0 Å². The van der Waals surface area contributed by atoms with E-state index in [9.17, 15) is 0 Å². The Labute approximate surface area is 138 Å². The number of nitrogens with zero attached hydrogens (tertiary/aromatic N) is 2. The van der Waals surface area contributed by atoms with Gasteiger partial charge in [0.05, 0.1) is 12.1 Å². The fourth-order valence-corrected chi connectivity index (χ4v) is 3.33. The van der Waals surface area contributed by atoms with Gasteiger partial charge in [-0.3, -0.25) is 0 Å². The fourth-order valence-electron chi connectivity index (χ4n) is 3.33. The summed E-state index contributed by atoms with van der Waals surface area (Å²) < 4.78 is 11.8. The van der Waals surface area contributed by atoms with Crippen LogP contribution >= 0.6 is 24.0 Å². The first kappa shape index (κ1) is 16.3. The second kappa shape index (κ2) is 6.36. The maximum absolute atomic E-state index is 6.12. The van der Waals surface area contributed by atoms with Crippen molar-refractivity contribution in [2.24, 2.45) is 10.7 Å². The molecule has 0 amide bonds. The van der Waals surface area contributed by atoms with E-state index in [0.717, 1.165) is 32.5 Å². The molecule has 6 heteroatoms. The highest BCUT2D eigenvalue weighted by Gasteiger charge is 2.59. The number of guanidine groups is 1. The summed E-state index contributed by atoms with van der Waals surface area (Å²) in [6, 6.07) is 0.778. The van der Waals surface area contributed by atoms with Crippen molar-refractivity contribution in [3.63, 3.8) is 0 Å². The molecule has 20 heavy (non-hydrogen) atoms. The predicted molar refractivity (Wildman–Crippen MR) is 89.6 cm³/mol. The molecule has 3 aliphatic rings. The number of ether oxygens (including phenoxy) is 2. The van der Waals surface area contributed by atoms with Gasteiger partial charge in [0.1, 0.15) is 5.60 Å². The van der Waals surface area contributed by atoms with Crippen LogP contribution in [0.3, 0.4) is 0 Å². The molecule has 3 unspecified atom stereocenters. The molecule has 2 saturated carbocycles. The van der Waals surface area contributed by atoms with E-state index < -0.39 is 0 Å². The molecule has 3 atom stereocenters. The van der Waals surface area contributed by atoms with Crippen LogP contribution < -0.4 is 5.73 Å². The SMILES string of the molecule is CCOC1CC(N=C(N)N(C)C2CC2)C12CCCO2.I. The Hall–Kier alpha value is -0.0800. The van der Waals surface area contributed by atoms with E-state index in [1.54, 1.807) is 0 Å². The Morgan fingerprint density at radius 1 is 1.50 bits per heavy atom. The molecule has 0 aromatic heterocycles. The van der Waals surface area contributed by atoms with Crippen molar-refractivity contribution in [3.8, 4) is 0 Å². The first-order valence-corrected chi connectivity index (χ1v) is 7.49. The summed E-state index contributed by atoms with van der Waals surface area (Å²) in [5, 5.41) is 0. The number of aliphatic imine (C=N–C) groups is 1. The Kier molecular flexibility index (Phi) is 5.18. The lowest BCUT2D eigenvalue weighted by Crippen LogP contribution is -2.63. The highest BCUT2D eigenvalue weighted by atomic mass is 127. The third kappa shape index (κ3) is 2.78. The summed E-state index contributed by atoms with van der Waals surface area (Å²) in [7, 11) is 2.04. The van der Waals surface area contributed by atoms with E-state index in [0.29, 0.717) is 12.0 Å². The van der Waals surface area contributed by atoms with Gasteiger partial charge in [-0.25, -0.2) is 4.99 Å². The number of nitrogens with two attached hydrogens (primary N) is 1. The quantitative estimate of drug-likeness (QED) is 0.448. The molecule has 3 rings (SSSR count).